The van der Waals surface area contributed by atoms with Crippen molar-refractivity contribution in [3.05, 3.63) is 35.3 Å². The van der Waals surface area contributed by atoms with E-state index in [1.165, 1.54) is 24.2 Å². The van der Waals surface area contributed by atoms with Gasteiger partial charge in [-0.25, -0.2) is 0 Å². The van der Waals surface area contributed by atoms with Crippen LogP contribution in [0.4, 0.5) is 0 Å². The van der Waals surface area contributed by atoms with Crippen LogP contribution in [0.3, 0.4) is 0 Å². The minimum Gasteiger partial charge on any atom is -0.507 e. The molecule has 2 saturated heterocycles. The molecule has 0 radical (unpaired) electrons. The van der Waals surface area contributed by atoms with Gasteiger partial charge in [0, 0.05) is 29.3 Å². The molecule has 2 aliphatic heterocycles. The number of aromatic nitrogens is 4. The Morgan fingerprint density at radius 3 is 2.50 bits per heavy atom. The lowest BCUT2D eigenvalue weighted by atomic mass is 10.0. The topological polar surface area (TPSA) is 93.1 Å². The van der Waals surface area contributed by atoms with E-state index in [0.29, 0.717) is 29.2 Å². The highest BCUT2D eigenvalue weighted by atomic mass is 32.1. The van der Waals surface area contributed by atoms with Crippen LogP contribution in [0.25, 0.3) is 21.8 Å². The van der Waals surface area contributed by atoms with Gasteiger partial charge in [-0.3, -0.25) is 0 Å². The highest BCUT2D eigenvalue weighted by molar-refractivity contribution is 7.14. The summed E-state index contributed by atoms with van der Waals surface area (Å²) in [6.45, 7) is 1.91. The van der Waals surface area contributed by atoms with Crippen LogP contribution in [0, 0.1) is 6.92 Å². The number of hydrogen-bond acceptors (Lipinski definition) is 8. The van der Waals surface area contributed by atoms with E-state index in [2.05, 4.69) is 25.7 Å². The van der Waals surface area contributed by atoms with Crippen LogP contribution < -0.4 is 10.1 Å². The fourth-order valence-corrected chi connectivity index (χ4v) is 4.78. The quantitative estimate of drug-likeness (QED) is 0.700. The zero-order valence-electron chi connectivity index (χ0n) is 15.5. The number of aryl methyl sites for hydroxylation is 1. The van der Waals surface area contributed by atoms with Gasteiger partial charge in [-0.05, 0) is 50.8 Å². The highest BCUT2D eigenvalue weighted by Gasteiger charge is 2.34. The molecule has 144 valence electrons. The number of phenolic OH excluding ortho intramolecular Hbond substituents is 1. The molecule has 1 aromatic carbocycles. The lowest BCUT2D eigenvalue weighted by Gasteiger charge is -2.28. The first kappa shape index (κ1) is 17.5. The molecule has 2 aliphatic rings. The molecule has 28 heavy (non-hydrogen) atoms. The van der Waals surface area contributed by atoms with E-state index in [1.54, 1.807) is 6.07 Å². The Morgan fingerprint density at radius 1 is 1.04 bits per heavy atom. The van der Waals surface area contributed by atoms with Gasteiger partial charge in [-0.1, -0.05) is 17.4 Å². The Morgan fingerprint density at radius 2 is 1.86 bits per heavy atom. The number of piperidine rings is 1. The summed E-state index contributed by atoms with van der Waals surface area (Å²) >= 11 is 1.49. The van der Waals surface area contributed by atoms with Crippen molar-refractivity contribution in [2.45, 2.75) is 50.8 Å². The van der Waals surface area contributed by atoms with Gasteiger partial charge in [0.25, 0.3) is 0 Å². The molecule has 0 aliphatic carbocycles. The average Bonchev–Trinajstić information content (AvgIpc) is 3.27. The molecule has 0 amide bonds. The average molecular weight is 395 g/mol. The van der Waals surface area contributed by atoms with Crippen LogP contribution in [0.2, 0.25) is 0 Å². The van der Waals surface area contributed by atoms with Gasteiger partial charge in [-0.15, -0.1) is 20.4 Å². The van der Waals surface area contributed by atoms with Gasteiger partial charge < -0.3 is 15.2 Å². The molecule has 2 fully saturated rings. The number of aromatic hydroxyl groups is 1. The molecule has 8 heteroatoms. The van der Waals surface area contributed by atoms with Crippen molar-refractivity contribution >= 4 is 11.3 Å². The van der Waals surface area contributed by atoms with Crippen molar-refractivity contribution in [3.8, 4) is 33.5 Å². The van der Waals surface area contributed by atoms with Crippen molar-refractivity contribution in [2.75, 3.05) is 0 Å². The van der Waals surface area contributed by atoms with Crippen molar-refractivity contribution in [1.82, 2.24) is 25.7 Å². The molecule has 5 rings (SSSR count). The Bertz CT molecular complexity index is 979. The summed E-state index contributed by atoms with van der Waals surface area (Å²) in [5.74, 6) is 0.679. The first-order valence-electron chi connectivity index (χ1n) is 9.54. The van der Waals surface area contributed by atoms with Gasteiger partial charge in [0.15, 0.2) is 0 Å². The number of nitrogens with zero attached hydrogens (tertiary/aromatic N) is 4. The van der Waals surface area contributed by atoms with Crippen LogP contribution in [-0.4, -0.2) is 43.7 Å². The van der Waals surface area contributed by atoms with Crippen LogP contribution in [0.15, 0.2) is 30.3 Å². The smallest absolute Gasteiger partial charge is 0.233 e. The molecule has 0 saturated carbocycles. The maximum absolute atomic E-state index is 10.5. The molecule has 3 atom stereocenters. The molecule has 2 bridgehead atoms. The highest BCUT2D eigenvalue weighted by Crippen LogP contribution is 2.34. The molecule has 7 nitrogen and oxygen atoms in total. The Labute approximate surface area is 166 Å². The Hall–Kier alpha value is -2.58. The largest absolute Gasteiger partial charge is 0.507 e. The fraction of sp³-hybridized carbons (Fsp3) is 0.400. The number of nitrogens with one attached hydrogen (secondary N) is 1. The second kappa shape index (κ2) is 7.10. The van der Waals surface area contributed by atoms with E-state index in [0.717, 1.165) is 28.4 Å². The minimum absolute atomic E-state index is 0.142. The zero-order chi connectivity index (χ0) is 19.1. The Balaban J connectivity index is 1.31. The van der Waals surface area contributed by atoms with Crippen LogP contribution in [0.1, 0.15) is 30.7 Å². The van der Waals surface area contributed by atoms with Gasteiger partial charge in [-0.2, -0.15) is 0 Å². The molecule has 0 unspecified atom stereocenters. The maximum Gasteiger partial charge on any atom is 0.233 e. The monoisotopic (exact) mass is 395 g/mol. The standard InChI is InChI=1S/C20H21N5O2S/c1-11-22-25-20(28-11)12-2-5-16(18(26)8-12)17-6-7-19(24-23-17)27-15-9-13-3-4-14(10-15)21-13/h2,5-8,13-15,21,26H,3-4,9-10H2,1H3/t13-,14+,15-. The normalized spacial score (nSPS) is 23.7. The van der Waals surface area contributed by atoms with Crippen LogP contribution in [-0.2, 0) is 0 Å². The molecule has 0 spiro atoms. The summed E-state index contributed by atoms with van der Waals surface area (Å²) < 4.78 is 6.05. The molecule has 2 N–H and O–H groups in total. The summed E-state index contributed by atoms with van der Waals surface area (Å²) in [7, 11) is 0. The van der Waals surface area contributed by atoms with Crippen molar-refractivity contribution in [2.24, 2.45) is 0 Å². The van der Waals surface area contributed by atoms with E-state index < -0.39 is 0 Å². The summed E-state index contributed by atoms with van der Waals surface area (Å²) in [5.41, 5.74) is 2.07. The summed E-state index contributed by atoms with van der Waals surface area (Å²) in [6.07, 6.45) is 4.71. The third-order valence-corrected chi connectivity index (χ3v) is 6.29. The SMILES string of the molecule is Cc1nnc(-c2ccc(-c3ccc(O[C@@H]4C[C@H]5CC[C@@H](C4)N5)nn3)c(O)c2)s1. The van der Waals surface area contributed by atoms with E-state index in [1.807, 2.05) is 31.2 Å². The molecular formula is C20H21N5O2S. The van der Waals surface area contributed by atoms with Crippen LogP contribution in [0.5, 0.6) is 11.6 Å². The molecule has 2 aromatic heterocycles. The van der Waals surface area contributed by atoms with E-state index >= 15 is 0 Å². The summed E-state index contributed by atoms with van der Waals surface area (Å²) in [6, 6.07) is 10.2. The molecule has 3 aromatic rings. The van der Waals surface area contributed by atoms with E-state index in [-0.39, 0.29) is 11.9 Å². The predicted octanol–water partition coefficient (Wildman–Crippen LogP) is 3.34. The number of rotatable bonds is 4. The summed E-state index contributed by atoms with van der Waals surface area (Å²) in [5, 5.41) is 32.4. The number of fused-ring (bicyclic) bond motifs is 2. The second-order valence-electron chi connectivity index (χ2n) is 7.46. The van der Waals surface area contributed by atoms with Gasteiger partial charge in [0.1, 0.15) is 21.9 Å². The number of phenols is 1. The molecule has 4 heterocycles. The Kier molecular flexibility index (Phi) is 4.44. The van der Waals surface area contributed by atoms with E-state index in [9.17, 15) is 5.11 Å². The lowest BCUT2D eigenvalue weighted by molar-refractivity contribution is 0.130. The number of hydrogen-bond donors (Lipinski definition) is 2. The second-order valence-corrected chi connectivity index (χ2v) is 8.65. The number of ether oxygens (including phenoxy) is 1. The third-order valence-electron chi connectivity index (χ3n) is 5.40. The predicted molar refractivity (Wildman–Crippen MR) is 106 cm³/mol. The van der Waals surface area contributed by atoms with Gasteiger partial charge in [0.2, 0.25) is 5.88 Å². The first-order valence-corrected chi connectivity index (χ1v) is 10.4. The van der Waals surface area contributed by atoms with Crippen LogP contribution >= 0.6 is 11.3 Å². The van der Waals surface area contributed by atoms with Crippen molar-refractivity contribution < 1.29 is 9.84 Å². The van der Waals surface area contributed by atoms with Gasteiger partial charge in [0.05, 0.1) is 5.69 Å². The van der Waals surface area contributed by atoms with Crippen molar-refractivity contribution in [1.29, 1.82) is 0 Å². The van der Waals surface area contributed by atoms with Gasteiger partial charge >= 0.3 is 0 Å². The lowest BCUT2D eigenvalue weighted by Crippen LogP contribution is -2.42. The maximum atomic E-state index is 10.5. The zero-order valence-corrected chi connectivity index (χ0v) is 16.3. The number of benzene rings is 1. The third kappa shape index (κ3) is 3.45. The fourth-order valence-electron chi connectivity index (χ4n) is 4.09. The first-order chi connectivity index (χ1) is 13.6. The van der Waals surface area contributed by atoms with Crippen molar-refractivity contribution in [3.63, 3.8) is 0 Å². The van der Waals surface area contributed by atoms with E-state index in [4.69, 9.17) is 4.74 Å². The summed E-state index contributed by atoms with van der Waals surface area (Å²) in [4.78, 5) is 0. The molecular weight excluding hydrogens is 374 g/mol. The minimum atomic E-state index is 0.142.